The van der Waals surface area contributed by atoms with E-state index in [1.165, 1.54) is 12.1 Å². The largest absolute Gasteiger partial charge is 0.398 e. The first-order valence-electron chi connectivity index (χ1n) is 6.07. The van der Waals surface area contributed by atoms with Crippen LogP contribution in [0.3, 0.4) is 0 Å². The molecular formula is C12H20N4O3S. The van der Waals surface area contributed by atoms with Crippen molar-refractivity contribution in [3.8, 4) is 0 Å². The summed E-state index contributed by atoms with van der Waals surface area (Å²) in [5.41, 5.74) is 11.6. The van der Waals surface area contributed by atoms with Gasteiger partial charge < -0.3 is 16.4 Å². The Bertz CT molecular complexity index is 599. The van der Waals surface area contributed by atoms with Crippen LogP contribution in [0.2, 0.25) is 0 Å². The minimum atomic E-state index is -3.86. The minimum Gasteiger partial charge on any atom is -0.398 e. The van der Waals surface area contributed by atoms with E-state index in [0.717, 1.165) is 0 Å². The lowest BCUT2D eigenvalue weighted by Gasteiger charge is -2.25. The lowest BCUT2D eigenvalue weighted by molar-refractivity contribution is -0.116. The van der Waals surface area contributed by atoms with E-state index in [9.17, 15) is 13.2 Å². The van der Waals surface area contributed by atoms with E-state index in [2.05, 4.69) is 0 Å². The lowest BCUT2D eigenvalue weighted by Crippen LogP contribution is -2.36. The molecule has 0 saturated heterocycles. The molecular weight excluding hydrogens is 280 g/mol. The summed E-state index contributed by atoms with van der Waals surface area (Å²) in [7, 11) is -3.86. The van der Waals surface area contributed by atoms with Crippen molar-refractivity contribution in [2.75, 3.05) is 23.7 Å². The Labute approximate surface area is 118 Å². The van der Waals surface area contributed by atoms with Crippen LogP contribution >= 0.6 is 0 Å². The predicted octanol–water partition coefficient (Wildman–Crippen LogP) is -0.136. The van der Waals surface area contributed by atoms with E-state index in [1.807, 2.05) is 13.8 Å². The van der Waals surface area contributed by atoms with E-state index in [4.69, 9.17) is 16.6 Å². The van der Waals surface area contributed by atoms with Crippen molar-refractivity contribution in [3.63, 3.8) is 0 Å². The molecule has 8 heteroatoms. The van der Waals surface area contributed by atoms with Gasteiger partial charge in [0.05, 0.1) is 12.2 Å². The fourth-order valence-corrected chi connectivity index (χ4v) is 2.53. The summed E-state index contributed by atoms with van der Waals surface area (Å²) in [5.74, 6) is -0.173. The maximum absolute atomic E-state index is 11.3. The first-order chi connectivity index (χ1) is 9.11. The fourth-order valence-electron chi connectivity index (χ4n) is 1.88. The van der Waals surface area contributed by atoms with Crippen LogP contribution in [0.1, 0.15) is 13.8 Å². The van der Waals surface area contributed by atoms with Crippen LogP contribution in [0.4, 0.5) is 11.4 Å². The fraction of sp³-hybridized carbons (Fsp3) is 0.417. The first-order valence-corrected chi connectivity index (χ1v) is 7.61. The summed E-state index contributed by atoms with van der Waals surface area (Å²) in [6.45, 7) is 4.62. The van der Waals surface area contributed by atoms with E-state index >= 15 is 0 Å². The van der Waals surface area contributed by atoms with Gasteiger partial charge in [-0.3, -0.25) is 4.79 Å². The van der Waals surface area contributed by atoms with E-state index in [1.54, 1.807) is 11.0 Å². The van der Waals surface area contributed by atoms with Gasteiger partial charge in [0, 0.05) is 12.2 Å². The van der Waals surface area contributed by atoms with Crippen LogP contribution in [-0.2, 0) is 14.8 Å². The summed E-state index contributed by atoms with van der Waals surface area (Å²) in [6.07, 6.45) is 0. The molecule has 6 N–H and O–H groups in total. The highest BCUT2D eigenvalue weighted by Gasteiger charge is 2.16. The molecule has 1 aromatic rings. The summed E-state index contributed by atoms with van der Waals surface area (Å²) in [4.78, 5) is 12.7. The second-order valence-corrected chi connectivity index (χ2v) is 6.54. The topological polar surface area (TPSA) is 133 Å². The summed E-state index contributed by atoms with van der Waals surface area (Å²) < 4.78 is 22.6. The lowest BCUT2D eigenvalue weighted by atomic mass is 10.1. The molecule has 0 heterocycles. The third kappa shape index (κ3) is 4.39. The maximum Gasteiger partial charge on any atom is 0.240 e. The summed E-state index contributed by atoms with van der Waals surface area (Å²) in [6, 6.07) is 4.36. The van der Waals surface area contributed by atoms with Crippen LogP contribution in [0.15, 0.2) is 23.1 Å². The van der Waals surface area contributed by atoms with Gasteiger partial charge in [0.2, 0.25) is 15.9 Å². The molecule has 0 aromatic heterocycles. The molecule has 7 nitrogen and oxygen atoms in total. The molecule has 0 aliphatic heterocycles. The summed E-state index contributed by atoms with van der Waals surface area (Å²) >= 11 is 0. The van der Waals surface area contributed by atoms with E-state index in [0.29, 0.717) is 18.2 Å². The van der Waals surface area contributed by atoms with Gasteiger partial charge in [0.15, 0.2) is 0 Å². The van der Waals surface area contributed by atoms with Crippen LogP contribution in [-0.4, -0.2) is 27.4 Å². The number of hydrogen-bond acceptors (Lipinski definition) is 5. The predicted molar refractivity (Wildman–Crippen MR) is 78.5 cm³/mol. The molecule has 1 rings (SSSR count). The number of rotatable bonds is 6. The number of nitrogens with two attached hydrogens (primary N) is 3. The van der Waals surface area contributed by atoms with Crippen LogP contribution in [0.5, 0.6) is 0 Å². The Balaban J connectivity index is 3.15. The van der Waals surface area contributed by atoms with Gasteiger partial charge in [-0.2, -0.15) is 0 Å². The number of hydrogen-bond donors (Lipinski definition) is 3. The molecule has 0 radical (unpaired) electrons. The van der Waals surface area contributed by atoms with Crippen molar-refractivity contribution in [2.24, 2.45) is 16.8 Å². The Hall–Kier alpha value is -1.80. The Morgan fingerprint density at radius 1 is 1.35 bits per heavy atom. The Kier molecular flexibility index (Phi) is 4.96. The normalized spacial score (nSPS) is 11.6. The third-order valence-electron chi connectivity index (χ3n) is 2.60. The first kappa shape index (κ1) is 16.3. The molecule has 0 aliphatic rings. The van der Waals surface area contributed by atoms with Crippen molar-refractivity contribution in [1.29, 1.82) is 0 Å². The second kappa shape index (κ2) is 6.10. The van der Waals surface area contributed by atoms with Crippen LogP contribution in [0.25, 0.3) is 0 Å². The second-order valence-electron chi connectivity index (χ2n) is 5.01. The average molecular weight is 300 g/mol. The van der Waals surface area contributed by atoms with Gasteiger partial charge >= 0.3 is 0 Å². The van der Waals surface area contributed by atoms with Crippen molar-refractivity contribution in [2.45, 2.75) is 18.7 Å². The highest BCUT2D eigenvalue weighted by atomic mass is 32.2. The quantitative estimate of drug-likeness (QED) is 0.629. The SMILES string of the molecule is CC(C)CN(CC(N)=O)c1ccc(S(N)(=O)=O)c(N)c1. The molecule has 0 spiro atoms. The standard InChI is InChI=1S/C12H20N4O3S/c1-8(2)6-16(7-12(14)17)9-3-4-11(10(13)5-9)20(15,18)19/h3-5,8H,6-7,13H2,1-2H3,(H2,14,17)(H2,15,18,19). The number of benzene rings is 1. The van der Waals surface area contributed by atoms with E-state index < -0.39 is 15.9 Å². The molecule has 0 atom stereocenters. The molecule has 1 amide bonds. The van der Waals surface area contributed by atoms with Crippen molar-refractivity contribution < 1.29 is 13.2 Å². The number of nitrogens with zero attached hydrogens (tertiary/aromatic N) is 1. The Morgan fingerprint density at radius 3 is 2.35 bits per heavy atom. The number of amides is 1. The van der Waals surface area contributed by atoms with Crippen LogP contribution in [0, 0.1) is 5.92 Å². The zero-order valence-corrected chi connectivity index (χ0v) is 12.4. The zero-order chi connectivity index (χ0) is 15.5. The van der Waals surface area contributed by atoms with Gasteiger partial charge in [-0.1, -0.05) is 13.8 Å². The highest BCUT2D eigenvalue weighted by Crippen LogP contribution is 2.24. The number of carbonyl (C=O) groups excluding carboxylic acids is 1. The molecule has 0 unspecified atom stereocenters. The summed E-state index contributed by atoms with van der Waals surface area (Å²) in [5, 5.41) is 5.05. The maximum atomic E-state index is 11.3. The van der Waals surface area contributed by atoms with Crippen molar-refractivity contribution in [3.05, 3.63) is 18.2 Å². The molecule has 112 valence electrons. The monoisotopic (exact) mass is 300 g/mol. The van der Waals surface area contributed by atoms with Crippen molar-refractivity contribution >= 4 is 27.3 Å². The van der Waals surface area contributed by atoms with Gasteiger partial charge in [0.1, 0.15) is 4.90 Å². The zero-order valence-electron chi connectivity index (χ0n) is 11.5. The van der Waals surface area contributed by atoms with Gasteiger partial charge in [0.25, 0.3) is 0 Å². The molecule has 0 saturated carbocycles. The van der Waals surface area contributed by atoms with E-state index in [-0.39, 0.29) is 17.1 Å². The number of primary sulfonamides is 1. The molecule has 0 fully saturated rings. The molecule has 0 aliphatic carbocycles. The van der Waals surface area contributed by atoms with Gasteiger partial charge in [-0.05, 0) is 24.1 Å². The number of primary amides is 1. The molecule has 1 aromatic carbocycles. The number of carbonyl (C=O) groups is 1. The highest BCUT2D eigenvalue weighted by molar-refractivity contribution is 7.89. The van der Waals surface area contributed by atoms with Gasteiger partial charge in [-0.15, -0.1) is 0 Å². The smallest absolute Gasteiger partial charge is 0.240 e. The van der Waals surface area contributed by atoms with Gasteiger partial charge in [-0.25, -0.2) is 13.6 Å². The number of anilines is 2. The number of nitrogen functional groups attached to an aromatic ring is 1. The molecule has 0 bridgehead atoms. The number of sulfonamides is 1. The minimum absolute atomic E-state index is 0.0341. The average Bonchev–Trinajstić information content (AvgIpc) is 2.24. The third-order valence-corrected chi connectivity index (χ3v) is 3.58. The Morgan fingerprint density at radius 2 is 1.95 bits per heavy atom. The van der Waals surface area contributed by atoms with Crippen LogP contribution < -0.4 is 21.5 Å². The molecule has 20 heavy (non-hydrogen) atoms. The van der Waals surface area contributed by atoms with Crippen molar-refractivity contribution in [1.82, 2.24) is 0 Å².